The smallest absolute Gasteiger partial charge is 0.260 e. The Morgan fingerprint density at radius 1 is 1.28 bits per heavy atom. The maximum atomic E-state index is 13.4. The summed E-state index contributed by atoms with van der Waals surface area (Å²) >= 11 is 0. The van der Waals surface area contributed by atoms with Crippen LogP contribution in [0.1, 0.15) is 38.5 Å². The number of carbonyl (C=O) groups is 1. The SMILES string of the molecule is CN1C(=O)C(COc2ccc(F)c(F)c2)(CC2CCCCC2)N=C1N. The zero-order valence-corrected chi connectivity index (χ0v) is 14.3. The monoisotopic (exact) mass is 351 g/mol. The van der Waals surface area contributed by atoms with Crippen molar-refractivity contribution in [3.8, 4) is 5.75 Å². The molecule has 0 bridgehead atoms. The van der Waals surface area contributed by atoms with E-state index in [0.29, 0.717) is 12.3 Å². The molecule has 1 fully saturated rings. The minimum absolute atomic E-state index is 0.0432. The highest BCUT2D eigenvalue weighted by atomic mass is 19.2. The average Bonchev–Trinajstić information content (AvgIpc) is 2.81. The third kappa shape index (κ3) is 3.60. The Kier molecular flexibility index (Phi) is 4.92. The molecule has 3 rings (SSSR count). The van der Waals surface area contributed by atoms with E-state index in [-0.39, 0.29) is 24.2 Å². The molecule has 0 radical (unpaired) electrons. The van der Waals surface area contributed by atoms with Crippen molar-refractivity contribution >= 4 is 11.9 Å². The first kappa shape index (κ1) is 17.6. The van der Waals surface area contributed by atoms with Crippen LogP contribution in [0.4, 0.5) is 8.78 Å². The molecule has 0 saturated heterocycles. The fourth-order valence-corrected chi connectivity index (χ4v) is 3.68. The van der Waals surface area contributed by atoms with Gasteiger partial charge in [0.1, 0.15) is 12.4 Å². The number of hydrogen-bond donors (Lipinski definition) is 1. The summed E-state index contributed by atoms with van der Waals surface area (Å²) in [7, 11) is 1.58. The van der Waals surface area contributed by atoms with Crippen LogP contribution in [-0.2, 0) is 4.79 Å². The lowest BCUT2D eigenvalue weighted by atomic mass is 9.79. The highest BCUT2D eigenvalue weighted by molar-refractivity contribution is 6.06. The van der Waals surface area contributed by atoms with E-state index in [4.69, 9.17) is 10.5 Å². The summed E-state index contributed by atoms with van der Waals surface area (Å²) in [5.41, 5.74) is 4.76. The first-order valence-electron chi connectivity index (χ1n) is 8.63. The van der Waals surface area contributed by atoms with Crippen molar-refractivity contribution in [1.82, 2.24) is 4.90 Å². The largest absolute Gasteiger partial charge is 0.490 e. The van der Waals surface area contributed by atoms with Crippen molar-refractivity contribution in [1.29, 1.82) is 0 Å². The van der Waals surface area contributed by atoms with Gasteiger partial charge in [0, 0.05) is 13.1 Å². The normalized spacial score (nSPS) is 24.5. The summed E-state index contributed by atoms with van der Waals surface area (Å²) in [6.45, 7) is -0.0432. The molecule has 1 unspecified atom stereocenters. The van der Waals surface area contributed by atoms with Crippen LogP contribution >= 0.6 is 0 Å². The Morgan fingerprint density at radius 2 is 2.00 bits per heavy atom. The van der Waals surface area contributed by atoms with E-state index in [1.54, 1.807) is 7.05 Å². The van der Waals surface area contributed by atoms with E-state index in [0.717, 1.165) is 37.8 Å². The quantitative estimate of drug-likeness (QED) is 0.887. The highest BCUT2D eigenvalue weighted by Crippen LogP contribution is 2.36. The van der Waals surface area contributed by atoms with Crippen molar-refractivity contribution < 1.29 is 18.3 Å². The topological polar surface area (TPSA) is 67.9 Å². The number of carbonyl (C=O) groups excluding carboxylic acids is 1. The van der Waals surface area contributed by atoms with E-state index >= 15 is 0 Å². The molecule has 2 N–H and O–H groups in total. The van der Waals surface area contributed by atoms with Gasteiger partial charge in [-0.1, -0.05) is 32.1 Å². The van der Waals surface area contributed by atoms with E-state index in [1.165, 1.54) is 17.4 Å². The lowest BCUT2D eigenvalue weighted by Gasteiger charge is -2.31. The third-order valence-electron chi connectivity index (χ3n) is 5.09. The molecule has 1 aromatic carbocycles. The molecule has 1 saturated carbocycles. The van der Waals surface area contributed by atoms with E-state index < -0.39 is 17.2 Å². The van der Waals surface area contributed by atoms with Crippen LogP contribution in [0.3, 0.4) is 0 Å². The standard InChI is InChI=1S/C18H23F2N3O2/c1-23-16(24)18(22-17(23)21,10-12-5-3-2-4-6-12)11-25-13-7-8-14(19)15(20)9-13/h7-9,12H,2-6,10-11H2,1H3,(H2,21,22). The predicted molar refractivity (Wildman–Crippen MR) is 90.2 cm³/mol. The molecule has 136 valence electrons. The Balaban J connectivity index is 1.79. The third-order valence-corrected chi connectivity index (χ3v) is 5.09. The van der Waals surface area contributed by atoms with Gasteiger partial charge in [-0.05, 0) is 24.5 Å². The molecule has 5 nitrogen and oxygen atoms in total. The molecule has 0 aromatic heterocycles. The van der Waals surface area contributed by atoms with Gasteiger partial charge in [0.2, 0.25) is 0 Å². The van der Waals surface area contributed by atoms with Gasteiger partial charge >= 0.3 is 0 Å². The Labute approximate surface area is 145 Å². The molecule has 1 aliphatic heterocycles. The summed E-state index contributed by atoms with van der Waals surface area (Å²) in [6, 6.07) is 3.31. The lowest BCUT2D eigenvalue weighted by molar-refractivity contribution is -0.132. The zero-order valence-electron chi connectivity index (χ0n) is 14.3. The number of aliphatic imine (C=N–C) groups is 1. The van der Waals surface area contributed by atoms with Crippen molar-refractivity contribution in [2.45, 2.75) is 44.1 Å². The first-order valence-corrected chi connectivity index (χ1v) is 8.63. The second kappa shape index (κ2) is 6.98. The first-order chi connectivity index (χ1) is 11.9. The second-order valence-corrected chi connectivity index (χ2v) is 6.94. The second-order valence-electron chi connectivity index (χ2n) is 6.94. The number of halogens is 2. The van der Waals surface area contributed by atoms with Gasteiger partial charge in [-0.2, -0.15) is 0 Å². The number of rotatable bonds is 5. The van der Waals surface area contributed by atoms with Gasteiger partial charge in [-0.15, -0.1) is 0 Å². The van der Waals surface area contributed by atoms with Gasteiger partial charge in [-0.3, -0.25) is 9.69 Å². The van der Waals surface area contributed by atoms with Crippen molar-refractivity contribution in [3.63, 3.8) is 0 Å². The molecule has 7 heteroatoms. The van der Waals surface area contributed by atoms with Crippen molar-refractivity contribution in [2.24, 2.45) is 16.6 Å². The number of guanidine groups is 1. The summed E-state index contributed by atoms with van der Waals surface area (Å²) in [4.78, 5) is 18.5. The van der Waals surface area contributed by atoms with Crippen molar-refractivity contribution in [3.05, 3.63) is 29.8 Å². The summed E-state index contributed by atoms with van der Waals surface area (Å²) in [5.74, 6) is -1.43. The van der Waals surface area contributed by atoms with Gasteiger partial charge in [0.05, 0.1) is 0 Å². The van der Waals surface area contributed by atoms with Crippen LogP contribution in [-0.4, -0.2) is 36.0 Å². The van der Waals surface area contributed by atoms with Gasteiger partial charge in [0.25, 0.3) is 5.91 Å². The Morgan fingerprint density at radius 3 is 2.60 bits per heavy atom. The van der Waals surface area contributed by atoms with Crippen LogP contribution in [0.5, 0.6) is 5.75 Å². The summed E-state index contributed by atoms with van der Waals surface area (Å²) in [6.07, 6.45) is 6.18. The Bertz CT molecular complexity index is 689. The number of amides is 1. The van der Waals surface area contributed by atoms with E-state index in [9.17, 15) is 13.6 Å². The maximum Gasteiger partial charge on any atom is 0.260 e. The van der Waals surface area contributed by atoms with E-state index in [1.807, 2.05) is 0 Å². The molecule has 0 spiro atoms. The summed E-state index contributed by atoms with van der Waals surface area (Å²) < 4.78 is 32.1. The predicted octanol–water partition coefficient (Wildman–Crippen LogP) is 2.84. The maximum absolute atomic E-state index is 13.4. The molecule has 1 amide bonds. The van der Waals surface area contributed by atoms with Crippen LogP contribution in [0, 0.1) is 17.6 Å². The van der Waals surface area contributed by atoms with Crippen LogP contribution < -0.4 is 10.5 Å². The number of nitrogens with two attached hydrogens (primary N) is 1. The number of likely N-dealkylation sites (N-methyl/N-ethyl adjacent to an activating group) is 1. The molecular formula is C18H23F2N3O2. The molecule has 1 aliphatic carbocycles. The zero-order chi connectivity index (χ0) is 18.0. The fraction of sp³-hybridized carbons (Fsp3) is 0.556. The number of ether oxygens (including phenoxy) is 1. The van der Waals surface area contributed by atoms with Crippen LogP contribution in [0.2, 0.25) is 0 Å². The molecule has 1 atom stereocenters. The highest BCUT2D eigenvalue weighted by Gasteiger charge is 2.48. The van der Waals surface area contributed by atoms with E-state index in [2.05, 4.69) is 4.99 Å². The molecule has 2 aliphatic rings. The molecule has 1 heterocycles. The molecular weight excluding hydrogens is 328 g/mol. The van der Waals surface area contributed by atoms with Crippen LogP contribution in [0.25, 0.3) is 0 Å². The molecule has 1 aromatic rings. The minimum atomic E-state index is -1.09. The van der Waals surface area contributed by atoms with Crippen molar-refractivity contribution in [2.75, 3.05) is 13.7 Å². The number of hydrogen-bond acceptors (Lipinski definition) is 4. The molecule has 25 heavy (non-hydrogen) atoms. The van der Waals surface area contributed by atoms with Gasteiger partial charge < -0.3 is 10.5 Å². The van der Waals surface area contributed by atoms with Gasteiger partial charge in [-0.25, -0.2) is 13.8 Å². The van der Waals surface area contributed by atoms with Gasteiger partial charge in [0.15, 0.2) is 23.1 Å². The number of nitrogens with zero attached hydrogens (tertiary/aromatic N) is 2. The summed E-state index contributed by atoms with van der Waals surface area (Å²) in [5, 5.41) is 0. The Hall–Kier alpha value is -2.18. The lowest BCUT2D eigenvalue weighted by Crippen LogP contribution is -2.47. The van der Waals surface area contributed by atoms with Crippen LogP contribution in [0.15, 0.2) is 23.2 Å². The average molecular weight is 351 g/mol. The fourth-order valence-electron chi connectivity index (χ4n) is 3.68. The number of benzene rings is 1. The minimum Gasteiger partial charge on any atom is -0.490 e.